The summed E-state index contributed by atoms with van der Waals surface area (Å²) >= 11 is 6.29. The van der Waals surface area contributed by atoms with Crippen LogP contribution < -0.4 is 10.1 Å². The molecule has 2 aromatic heterocycles. The molecule has 2 heterocycles. The van der Waals surface area contributed by atoms with Gasteiger partial charge in [-0.1, -0.05) is 35.4 Å². The maximum atomic E-state index is 12.5. The maximum Gasteiger partial charge on any atom is 0.255 e. The number of nitrogens with zero attached hydrogens (tertiary/aromatic N) is 3. The molecule has 4 rings (SSSR count). The summed E-state index contributed by atoms with van der Waals surface area (Å²) in [7, 11) is 1.56. The van der Waals surface area contributed by atoms with E-state index in [0.717, 1.165) is 11.1 Å². The number of benzene rings is 2. The van der Waals surface area contributed by atoms with Crippen LogP contribution in [0, 0.1) is 6.92 Å². The van der Waals surface area contributed by atoms with Gasteiger partial charge in [-0.15, -0.1) is 5.10 Å². The zero-order chi connectivity index (χ0) is 19.7. The monoisotopic (exact) mass is 392 g/mol. The molecule has 0 saturated carbocycles. The van der Waals surface area contributed by atoms with Crippen molar-refractivity contribution < 1.29 is 9.53 Å². The molecule has 0 aliphatic carbocycles. The molecular weight excluding hydrogens is 376 g/mol. The van der Waals surface area contributed by atoms with Crippen LogP contribution in [0.5, 0.6) is 5.88 Å². The van der Waals surface area contributed by atoms with Gasteiger partial charge in [0.05, 0.1) is 29.7 Å². The highest BCUT2D eigenvalue weighted by Gasteiger charge is 2.12. The summed E-state index contributed by atoms with van der Waals surface area (Å²) in [6, 6.07) is 16.3. The number of hydrogen-bond donors (Lipinski definition) is 1. The van der Waals surface area contributed by atoms with Gasteiger partial charge in [0.25, 0.3) is 5.91 Å². The Hall–Kier alpha value is -3.38. The van der Waals surface area contributed by atoms with Crippen molar-refractivity contribution in [3.05, 3.63) is 76.9 Å². The van der Waals surface area contributed by atoms with E-state index in [4.69, 9.17) is 16.3 Å². The van der Waals surface area contributed by atoms with Crippen molar-refractivity contribution in [2.75, 3.05) is 12.4 Å². The molecule has 0 aliphatic heterocycles. The standard InChI is InChI=1S/C21H17ClN4O2/c1-13-3-5-14(6-4-13)21(27)24-17-11-15(7-8-16(17)22)18-12-26-19(23-18)9-10-20(25-26)28-2/h3-12H,1-2H3,(H,24,27). The second-order valence-corrected chi connectivity index (χ2v) is 6.73. The van der Waals surface area contributed by atoms with E-state index in [1.165, 1.54) is 0 Å². The number of rotatable bonds is 4. The number of amides is 1. The van der Waals surface area contributed by atoms with Crippen LogP contribution in [-0.4, -0.2) is 27.6 Å². The minimum absolute atomic E-state index is 0.222. The number of methoxy groups -OCH3 is 1. The van der Waals surface area contributed by atoms with Crippen LogP contribution in [0.25, 0.3) is 16.9 Å². The average molecular weight is 393 g/mol. The van der Waals surface area contributed by atoms with E-state index in [-0.39, 0.29) is 5.91 Å². The van der Waals surface area contributed by atoms with Crippen LogP contribution in [0.3, 0.4) is 0 Å². The number of fused-ring (bicyclic) bond motifs is 1. The summed E-state index contributed by atoms with van der Waals surface area (Å²) in [5.41, 5.74) is 4.39. The second kappa shape index (κ2) is 7.32. The van der Waals surface area contributed by atoms with Gasteiger partial charge in [-0.3, -0.25) is 4.79 Å². The summed E-state index contributed by atoms with van der Waals surface area (Å²) in [4.78, 5) is 17.1. The molecule has 6 nitrogen and oxygen atoms in total. The number of carbonyl (C=O) groups is 1. The first-order chi connectivity index (χ1) is 13.5. The molecule has 140 valence electrons. The van der Waals surface area contributed by atoms with E-state index >= 15 is 0 Å². The Morgan fingerprint density at radius 2 is 1.89 bits per heavy atom. The third kappa shape index (κ3) is 3.54. The van der Waals surface area contributed by atoms with E-state index in [2.05, 4.69) is 15.4 Å². The van der Waals surface area contributed by atoms with E-state index in [1.54, 1.807) is 48.2 Å². The molecule has 28 heavy (non-hydrogen) atoms. The third-order valence-corrected chi connectivity index (χ3v) is 4.66. The number of anilines is 1. The number of aryl methyl sites for hydroxylation is 1. The molecule has 1 amide bonds. The van der Waals surface area contributed by atoms with Crippen molar-refractivity contribution in [1.82, 2.24) is 14.6 Å². The van der Waals surface area contributed by atoms with E-state index in [9.17, 15) is 4.79 Å². The number of nitrogens with one attached hydrogen (secondary N) is 1. The molecule has 0 bridgehead atoms. The topological polar surface area (TPSA) is 68.5 Å². The molecule has 0 unspecified atom stereocenters. The Morgan fingerprint density at radius 1 is 1.11 bits per heavy atom. The van der Waals surface area contributed by atoms with Gasteiger partial charge in [0, 0.05) is 17.2 Å². The van der Waals surface area contributed by atoms with Gasteiger partial charge in [0.15, 0.2) is 5.65 Å². The molecule has 0 fully saturated rings. The number of carbonyl (C=O) groups excluding carboxylic acids is 1. The molecule has 0 saturated heterocycles. The number of halogens is 1. The van der Waals surface area contributed by atoms with Crippen LogP contribution >= 0.6 is 11.6 Å². The van der Waals surface area contributed by atoms with Crippen molar-refractivity contribution in [3.63, 3.8) is 0 Å². The lowest BCUT2D eigenvalue weighted by molar-refractivity contribution is 0.102. The van der Waals surface area contributed by atoms with Crippen molar-refractivity contribution in [2.24, 2.45) is 0 Å². The first kappa shape index (κ1) is 18.0. The van der Waals surface area contributed by atoms with Gasteiger partial charge in [0.2, 0.25) is 5.88 Å². The van der Waals surface area contributed by atoms with Gasteiger partial charge in [-0.05, 0) is 37.3 Å². The summed E-state index contributed by atoms with van der Waals surface area (Å²) in [6.07, 6.45) is 1.80. The molecule has 1 N–H and O–H groups in total. The number of hydrogen-bond acceptors (Lipinski definition) is 4. The fourth-order valence-electron chi connectivity index (χ4n) is 2.79. The molecule has 0 spiro atoms. The third-order valence-electron chi connectivity index (χ3n) is 4.33. The van der Waals surface area contributed by atoms with Gasteiger partial charge in [-0.25, -0.2) is 9.50 Å². The quantitative estimate of drug-likeness (QED) is 0.550. The highest BCUT2D eigenvalue weighted by molar-refractivity contribution is 6.34. The van der Waals surface area contributed by atoms with Gasteiger partial charge in [-0.2, -0.15) is 0 Å². The second-order valence-electron chi connectivity index (χ2n) is 6.32. The van der Waals surface area contributed by atoms with Crippen LogP contribution in [0.2, 0.25) is 5.02 Å². The van der Waals surface area contributed by atoms with Crippen molar-refractivity contribution in [2.45, 2.75) is 6.92 Å². The SMILES string of the molecule is COc1ccc2nc(-c3ccc(Cl)c(NC(=O)c4ccc(C)cc4)c3)cn2n1. The minimum atomic E-state index is -0.222. The average Bonchev–Trinajstić information content (AvgIpc) is 3.13. The van der Waals surface area contributed by atoms with Gasteiger partial charge < -0.3 is 10.1 Å². The Morgan fingerprint density at radius 3 is 2.64 bits per heavy atom. The van der Waals surface area contributed by atoms with Crippen LogP contribution in [-0.2, 0) is 0 Å². The highest BCUT2D eigenvalue weighted by Crippen LogP contribution is 2.29. The predicted molar refractivity (Wildman–Crippen MR) is 109 cm³/mol. The van der Waals surface area contributed by atoms with Crippen molar-refractivity contribution in [1.29, 1.82) is 0 Å². The van der Waals surface area contributed by atoms with Crippen LogP contribution in [0.1, 0.15) is 15.9 Å². The van der Waals surface area contributed by atoms with E-state index in [1.807, 2.05) is 31.2 Å². The number of imidazole rings is 1. The fraction of sp³-hybridized carbons (Fsp3) is 0.0952. The molecule has 0 radical (unpaired) electrons. The van der Waals surface area contributed by atoms with Crippen LogP contribution in [0.15, 0.2) is 60.8 Å². The Balaban J connectivity index is 1.65. The maximum absolute atomic E-state index is 12.5. The first-order valence-corrected chi connectivity index (χ1v) is 8.99. The Kier molecular flexibility index (Phi) is 4.71. The van der Waals surface area contributed by atoms with Crippen molar-refractivity contribution in [3.8, 4) is 17.1 Å². The summed E-state index contributed by atoms with van der Waals surface area (Å²) in [5.74, 6) is 0.277. The normalized spacial score (nSPS) is 10.8. The zero-order valence-electron chi connectivity index (χ0n) is 15.3. The van der Waals surface area contributed by atoms with Crippen molar-refractivity contribution >= 4 is 28.8 Å². The lowest BCUT2D eigenvalue weighted by atomic mass is 10.1. The molecular formula is C21H17ClN4O2. The first-order valence-electron chi connectivity index (χ1n) is 8.62. The minimum Gasteiger partial charge on any atom is -0.480 e. The lowest BCUT2D eigenvalue weighted by Crippen LogP contribution is -2.12. The van der Waals surface area contributed by atoms with E-state index in [0.29, 0.717) is 33.5 Å². The fourth-order valence-corrected chi connectivity index (χ4v) is 2.96. The summed E-state index contributed by atoms with van der Waals surface area (Å²) < 4.78 is 6.79. The Labute approximate surface area is 166 Å². The molecule has 7 heteroatoms. The lowest BCUT2D eigenvalue weighted by Gasteiger charge is -2.09. The van der Waals surface area contributed by atoms with Crippen LogP contribution in [0.4, 0.5) is 5.69 Å². The summed E-state index contributed by atoms with van der Waals surface area (Å²) in [5, 5.41) is 7.63. The smallest absolute Gasteiger partial charge is 0.255 e. The van der Waals surface area contributed by atoms with Gasteiger partial charge in [0.1, 0.15) is 0 Å². The predicted octanol–water partition coefficient (Wildman–Crippen LogP) is 4.62. The molecule has 0 atom stereocenters. The zero-order valence-corrected chi connectivity index (χ0v) is 16.1. The number of aromatic nitrogens is 3. The molecule has 4 aromatic rings. The van der Waals surface area contributed by atoms with E-state index < -0.39 is 0 Å². The highest BCUT2D eigenvalue weighted by atomic mass is 35.5. The summed E-state index contributed by atoms with van der Waals surface area (Å²) in [6.45, 7) is 1.97. The molecule has 2 aromatic carbocycles. The Bertz CT molecular complexity index is 1170. The van der Waals surface area contributed by atoms with Gasteiger partial charge >= 0.3 is 0 Å². The largest absolute Gasteiger partial charge is 0.480 e. The number of ether oxygens (including phenoxy) is 1. The molecule has 0 aliphatic rings.